The average molecular weight is 218 g/mol. The van der Waals surface area contributed by atoms with Crippen LogP contribution in [0.2, 0.25) is 0 Å². The maximum absolute atomic E-state index is 10.5. The first-order valence-electron chi connectivity index (χ1n) is 5.26. The Bertz CT molecular complexity index is 177. The first-order chi connectivity index (χ1) is 6.98. The van der Waals surface area contributed by atoms with E-state index in [4.69, 9.17) is 14.6 Å². The molecule has 0 saturated carbocycles. The van der Waals surface area contributed by atoms with Gasteiger partial charge in [-0.15, -0.1) is 0 Å². The van der Waals surface area contributed by atoms with E-state index in [1.54, 1.807) is 7.11 Å². The third-order valence-corrected chi connectivity index (χ3v) is 2.20. The average Bonchev–Trinajstić information content (AvgIpc) is 2.08. The van der Waals surface area contributed by atoms with Gasteiger partial charge in [-0.2, -0.15) is 0 Å². The standard InChI is InChI=1S/C11H22O4/c1-11(2,9-10(12)13)5-4-6-15-8-7-14-3/h4-9H2,1-3H3,(H,12,13). The molecular weight excluding hydrogens is 196 g/mol. The molecule has 0 heterocycles. The van der Waals surface area contributed by atoms with Gasteiger partial charge in [-0.25, -0.2) is 0 Å². The molecule has 0 bridgehead atoms. The zero-order valence-corrected chi connectivity index (χ0v) is 9.91. The molecule has 0 atom stereocenters. The number of hydrogen-bond acceptors (Lipinski definition) is 3. The number of carboxylic acids is 1. The zero-order chi connectivity index (χ0) is 11.7. The summed E-state index contributed by atoms with van der Waals surface area (Å²) in [5.74, 6) is -0.736. The van der Waals surface area contributed by atoms with Crippen LogP contribution in [0, 0.1) is 5.41 Å². The molecule has 0 aromatic carbocycles. The molecule has 0 fully saturated rings. The summed E-state index contributed by atoms with van der Waals surface area (Å²) in [5, 5.41) is 8.67. The van der Waals surface area contributed by atoms with Crippen molar-refractivity contribution in [1.82, 2.24) is 0 Å². The van der Waals surface area contributed by atoms with Crippen molar-refractivity contribution >= 4 is 5.97 Å². The Labute approximate surface area is 91.6 Å². The number of ether oxygens (including phenoxy) is 2. The Balaban J connectivity index is 3.44. The highest BCUT2D eigenvalue weighted by Crippen LogP contribution is 2.26. The Morgan fingerprint density at radius 1 is 1.27 bits per heavy atom. The van der Waals surface area contributed by atoms with Crippen LogP contribution in [0.4, 0.5) is 0 Å². The van der Waals surface area contributed by atoms with E-state index in [-0.39, 0.29) is 11.8 Å². The number of carbonyl (C=O) groups is 1. The van der Waals surface area contributed by atoms with Crippen molar-refractivity contribution in [3.8, 4) is 0 Å². The predicted octanol–water partition coefficient (Wildman–Crippen LogP) is 1.93. The van der Waals surface area contributed by atoms with E-state index in [9.17, 15) is 4.79 Å². The Morgan fingerprint density at radius 3 is 2.47 bits per heavy atom. The number of methoxy groups -OCH3 is 1. The first kappa shape index (κ1) is 14.4. The molecule has 0 amide bonds. The highest BCUT2D eigenvalue weighted by Gasteiger charge is 2.20. The predicted molar refractivity (Wildman–Crippen MR) is 58.0 cm³/mol. The molecule has 0 unspecified atom stereocenters. The van der Waals surface area contributed by atoms with Crippen LogP contribution in [-0.2, 0) is 14.3 Å². The summed E-state index contributed by atoms with van der Waals surface area (Å²) in [6, 6.07) is 0. The lowest BCUT2D eigenvalue weighted by molar-refractivity contribution is -0.139. The van der Waals surface area contributed by atoms with Gasteiger partial charge in [-0.3, -0.25) is 4.79 Å². The van der Waals surface area contributed by atoms with Crippen LogP contribution in [-0.4, -0.2) is 38.0 Å². The van der Waals surface area contributed by atoms with Gasteiger partial charge in [0.15, 0.2) is 0 Å². The number of rotatable bonds is 9. The SMILES string of the molecule is COCCOCCCC(C)(C)CC(=O)O. The van der Waals surface area contributed by atoms with Crippen LogP contribution in [0.5, 0.6) is 0 Å². The summed E-state index contributed by atoms with van der Waals surface area (Å²) in [6.45, 7) is 5.83. The molecule has 4 nitrogen and oxygen atoms in total. The van der Waals surface area contributed by atoms with Gasteiger partial charge in [0.2, 0.25) is 0 Å². The minimum absolute atomic E-state index is 0.142. The lowest BCUT2D eigenvalue weighted by Gasteiger charge is -2.21. The Morgan fingerprint density at radius 2 is 1.93 bits per heavy atom. The molecule has 0 aromatic rings. The van der Waals surface area contributed by atoms with Crippen molar-refractivity contribution < 1.29 is 19.4 Å². The maximum Gasteiger partial charge on any atom is 0.303 e. The van der Waals surface area contributed by atoms with Gasteiger partial charge in [0, 0.05) is 13.7 Å². The van der Waals surface area contributed by atoms with Crippen LogP contribution in [0.15, 0.2) is 0 Å². The van der Waals surface area contributed by atoms with E-state index in [0.717, 1.165) is 12.8 Å². The topological polar surface area (TPSA) is 55.8 Å². The van der Waals surface area contributed by atoms with E-state index in [2.05, 4.69) is 0 Å². The fourth-order valence-corrected chi connectivity index (χ4v) is 1.39. The van der Waals surface area contributed by atoms with Crippen molar-refractivity contribution in [2.24, 2.45) is 5.41 Å². The molecule has 0 aliphatic heterocycles. The Kier molecular flexibility index (Phi) is 7.34. The van der Waals surface area contributed by atoms with Crippen LogP contribution in [0.25, 0.3) is 0 Å². The zero-order valence-electron chi connectivity index (χ0n) is 9.91. The fourth-order valence-electron chi connectivity index (χ4n) is 1.39. The van der Waals surface area contributed by atoms with Gasteiger partial charge in [0.25, 0.3) is 0 Å². The summed E-state index contributed by atoms with van der Waals surface area (Å²) < 4.78 is 10.1. The molecule has 0 rings (SSSR count). The quantitative estimate of drug-likeness (QED) is 0.601. The number of hydrogen-bond donors (Lipinski definition) is 1. The molecule has 0 radical (unpaired) electrons. The van der Waals surface area contributed by atoms with Crippen molar-refractivity contribution in [2.45, 2.75) is 33.1 Å². The van der Waals surface area contributed by atoms with Gasteiger partial charge in [-0.05, 0) is 18.3 Å². The summed E-state index contributed by atoms with van der Waals surface area (Å²) >= 11 is 0. The first-order valence-corrected chi connectivity index (χ1v) is 5.26. The minimum Gasteiger partial charge on any atom is -0.481 e. The number of carboxylic acid groups (broad SMARTS) is 1. The summed E-state index contributed by atoms with van der Waals surface area (Å²) in [7, 11) is 1.64. The third kappa shape index (κ3) is 9.69. The van der Waals surface area contributed by atoms with E-state index in [1.807, 2.05) is 13.8 Å². The van der Waals surface area contributed by atoms with Crippen molar-refractivity contribution in [3.63, 3.8) is 0 Å². The van der Waals surface area contributed by atoms with Crippen molar-refractivity contribution in [3.05, 3.63) is 0 Å². The van der Waals surface area contributed by atoms with Gasteiger partial charge in [-0.1, -0.05) is 13.8 Å². The van der Waals surface area contributed by atoms with E-state index < -0.39 is 5.97 Å². The second-order valence-corrected chi connectivity index (χ2v) is 4.44. The molecule has 0 saturated heterocycles. The van der Waals surface area contributed by atoms with Gasteiger partial charge >= 0.3 is 5.97 Å². The van der Waals surface area contributed by atoms with Crippen molar-refractivity contribution in [2.75, 3.05) is 26.9 Å². The van der Waals surface area contributed by atoms with Gasteiger partial charge in [0.05, 0.1) is 19.6 Å². The molecule has 4 heteroatoms. The summed E-state index contributed by atoms with van der Waals surface area (Å²) in [5.41, 5.74) is -0.142. The van der Waals surface area contributed by atoms with E-state index in [0.29, 0.717) is 19.8 Å². The molecule has 0 aliphatic rings. The highest BCUT2D eigenvalue weighted by atomic mass is 16.5. The van der Waals surface area contributed by atoms with Crippen LogP contribution < -0.4 is 0 Å². The minimum atomic E-state index is -0.736. The second kappa shape index (κ2) is 7.65. The monoisotopic (exact) mass is 218 g/mol. The van der Waals surface area contributed by atoms with Crippen LogP contribution >= 0.6 is 0 Å². The molecular formula is C11H22O4. The highest BCUT2D eigenvalue weighted by molar-refractivity contribution is 5.67. The smallest absolute Gasteiger partial charge is 0.303 e. The van der Waals surface area contributed by atoms with Crippen LogP contribution in [0.1, 0.15) is 33.1 Å². The molecule has 0 spiro atoms. The fraction of sp³-hybridized carbons (Fsp3) is 0.909. The van der Waals surface area contributed by atoms with E-state index >= 15 is 0 Å². The van der Waals surface area contributed by atoms with Crippen molar-refractivity contribution in [1.29, 1.82) is 0 Å². The van der Waals surface area contributed by atoms with Gasteiger partial charge in [0.1, 0.15) is 0 Å². The number of aliphatic carboxylic acids is 1. The lowest BCUT2D eigenvalue weighted by atomic mass is 9.84. The molecule has 15 heavy (non-hydrogen) atoms. The van der Waals surface area contributed by atoms with Crippen LogP contribution in [0.3, 0.4) is 0 Å². The summed E-state index contributed by atoms with van der Waals surface area (Å²) in [6.07, 6.45) is 1.97. The maximum atomic E-state index is 10.5. The third-order valence-electron chi connectivity index (χ3n) is 2.20. The molecule has 0 aliphatic carbocycles. The Hall–Kier alpha value is -0.610. The van der Waals surface area contributed by atoms with E-state index in [1.165, 1.54) is 0 Å². The normalized spacial score (nSPS) is 11.7. The van der Waals surface area contributed by atoms with Gasteiger partial charge < -0.3 is 14.6 Å². The molecule has 90 valence electrons. The molecule has 0 aromatic heterocycles. The lowest BCUT2D eigenvalue weighted by Crippen LogP contribution is -2.17. The summed E-state index contributed by atoms with van der Waals surface area (Å²) in [4.78, 5) is 10.5. The second-order valence-electron chi connectivity index (χ2n) is 4.44. The molecule has 1 N–H and O–H groups in total. The largest absolute Gasteiger partial charge is 0.481 e.